The Morgan fingerprint density at radius 2 is 2.12 bits per heavy atom. The van der Waals surface area contributed by atoms with Gasteiger partial charge in [0, 0.05) is 13.5 Å². The molecule has 0 spiro atoms. The van der Waals surface area contributed by atoms with Crippen LogP contribution in [0.4, 0.5) is 0 Å². The number of carboxylic acids is 1. The van der Waals surface area contributed by atoms with Gasteiger partial charge in [-0.2, -0.15) is 0 Å². The highest BCUT2D eigenvalue weighted by Crippen LogP contribution is 2.20. The van der Waals surface area contributed by atoms with Crippen LogP contribution in [0.2, 0.25) is 0 Å². The molecule has 1 rings (SSSR count). The van der Waals surface area contributed by atoms with Gasteiger partial charge in [-0.1, -0.05) is 18.2 Å². The summed E-state index contributed by atoms with van der Waals surface area (Å²) in [6.07, 6.45) is -0.524. The van der Waals surface area contributed by atoms with Gasteiger partial charge in [0.05, 0.1) is 6.61 Å². The lowest BCUT2D eigenvalue weighted by Crippen LogP contribution is -2.25. The Kier molecular flexibility index (Phi) is 4.79. The second-order valence-corrected chi connectivity index (χ2v) is 3.31. The van der Waals surface area contributed by atoms with E-state index in [4.69, 9.17) is 14.6 Å². The summed E-state index contributed by atoms with van der Waals surface area (Å²) in [6, 6.07) is 7.39. The van der Waals surface area contributed by atoms with E-state index in [2.05, 4.69) is 0 Å². The van der Waals surface area contributed by atoms with E-state index in [0.717, 1.165) is 5.56 Å². The van der Waals surface area contributed by atoms with Crippen molar-refractivity contribution in [3.8, 4) is 5.75 Å². The largest absolute Gasteiger partial charge is 0.494 e. The van der Waals surface area contributed by atoms with Gasteiger partial charge in [0.2, 0.25) is 0 Å². The summed E-state index contributed by atoms with van der Waals surface area (Å²) >= 11 is 0. The third-order valence-electron chi connectivity index (χ3n) is 2.24. The standard InChI is InChI=1S/C12H16O4/c1-3-16-10-7-5-4-6-9(10)8-11(15-2)12(13)14/h4-7,11H,3,8H2,1-2H3,(H,13,14)/t11-/m0/s1. The van der Waals surface area contributed by atoms with Crippen LogP contribution in [-0.2, 0) is 16.0 Å². The summed E-state index contributed by atoms with van der Waals surface area (Å²) in [5.41, 5.74) is 0.846. The highest BCUT2D eigenvalue weighted by atomic mass is 16.5. The number of carbonyl (C=O) groups is 1. The Bertz CT molecular complexity index is 349. The van der Waals surface area contributed by atoms with Gasteiger partial charge in [0.1, 0.15) is 5.75 Å². The van der Waals surface area contributed by atoms with Gasteiger partial charge < -0.3 is 14.6 Å². The van der Waals surface area contributed by atoms with Crippen molar-refractivity contribution in [3.05, 3.63) is 29.8 Å². The Balaban J connectivity index is 2.82. The van der Waals surface area contributed by atoms with E-state index < -0.39 is 12.1 Å². The van der Waals surface area contributed by atoms with Crippen molar-refractivity contribution in [1.82, 2.24) is 0 Å². The molecule has 4 heteroatoms. The van der Waals surface area contributed by atoms with Crippen LogP contribution in [0.3, 0.4) is 0 Å². The van der Waals surface area contributed by atoms with Crippen molar-refractivity contribution >= 4 is 5.97 Å². The Morgan fingerprint density at radius 3 is 2.69 bits per heavy atom. The fraction of sp³-hybridized carbons (Fsp3) is 0.417. The van der Waals surface area contributed by atoms with Crippen molar-refractivity contribution in [3.63, 3.8) is 0 Å². The average molecular weight is 224 g/mol. The Hall–Kier alpha value is -1.55. The fourth-order valence-corrected chi connectivity index (χ4v) is 1.44. The smallest absolute Gasteiger partial charge is 0.333 e. The molecule has 1 aromatic rings. The maximum Gasteiger partial charge on any atom is 0.333 e. The molecule has 0 bridgehead atoms. The van der Waals surface area contributed by atoms with Gasteiger partial charge in [-0.25, -0.2) is 4.79 Å². The fourth-order valence-electron chi connectivity index (χ4n) is 1.44. The van der Waals surface area contributed by atoms with E-state index in [-0.39, 0.29) is 0 Å². The van der Waals surface area contributed by atoms with Gasteiger partial charge in [0.15, 0.2) is 6.10 Å². The van der Waals surface area contributed by atoms with Crippen molar-refractivity contribution in [2.45, 2.75) is 19.4 Å². The van der Waals surface area contributed by atoms with Gasteiger partial charge in [-0.15, -0.1) is 0 Å². The topological polar surface area (TPSA) is 55.8 Å². The number of para-hydroxylation sites is 1. The van der Waals surface area contributed by atoms with Gasteiger partial charge in [-0.3, -0.25) is 0 Å². The minimum absolute atomic E-state index is 0.308. The second kappa shape index (κ2) is 6.12. The molecule has 0 amide bonds. The molecule has 4 nitrogen and oxygen atoms in total. The molecular weight excluding hydrogens is 208 g/mol. The third-order valence-corrected chi connectivity index (χ3v) is 2.24. The summed E-state index contributed by atoms with van der Waals surface area (Å²) in [5.74, 6) is -0.248. The molecule has 0 saturated carbocycles. The number of benzene rings is 1. The molecule has 0 aliphatic heterocycles. The summed E-state index contributed by atoms with van der Waals surface area (Å²) in [7, 11) is 1.39. The molecule has 0 fully saturated rings. The van der Waals surface area contributed by atoms with Crippen molar-refractivity contribution in [1.29, 1.82) is 0 Å². The number of hydrogen-bond acceptors (Lipinski definition) is 3. The maximum atomic E-state index is 10.8. The van der Waals surface area contributed by atoms with E-state index in [1.807, 2.05) is 31.2 Å². The zero-order chi connectivity index (χ0) is 12.0. The first-order chi connectivity index (χ1) is 7.69. The number of aliphatic carboxylic acids is 1. The van der Waals surface area contributed by atoms with Crippen molar-refractivity contribution < 1.29 is 19.4 Å². The number of methoxy groups -OCH3 is 1. The van der Waals surface area contributed by atoms with Crippen LogP contribution < -0.4 is 4.74 Å². The molecule has 1 N–H and O–H groups in total. The molecular formula is C12H16O4. The number of ether oxygens (including phenoxy) is 2. The summed E-state index contributed by atoms with van der Waals surface area (Å²) in [4.78, 5) is 10.8. The van der Waals surface area contributed by atoms with E-state index in [1.54, 1.807) is 0 Å². The molecule has 1 aromatic carbocycles. The predicted molar refractivity (Wildman–Crippen MR) is 59.7 cm³/mol. The first-order valence-corrected chi connectivity index (χ1v) is 5.15. The highest BCUT2D eigenvalue weighted by molar-refractivity contribution is 5.72. The van der Waals surface area contributed by atoms with Crippen molar-refractivity contribution in [2.24, 2.45) is 0 Å². The van der Waals surface area contributed by atoms with E-state index in [0.29, 0.717) is 18.8 Å². The molecule has 0 aliphatic rings. The second-order valence-electron chi connectivity index (χ2n) is 3.31. The minimum atomic E-state index is -0.964. The van der Waals surface area contributed by atoms with Crippen LogP contribution in [0, 0.1) is 0 Å². The highest BCUT2D eigenvalue weighted by Gasteiger charge is 2.18. The van der Waals surface area contributed by atoms with Crippen LogP contribution in [0.1, 0.15) is 12.5 Å². The van der Waals surface area contributed by atoms with Gasteiger partial charge in [0.25, 0.3) is 0 Å². The molecule has 0 aromatic heterocycles. The molecule has 0 heterocycles. The van der Waals surface area contributed by atoms with E-state index >= 15 is 0 Å². The quantitative estimate of drug-likeness (QED) is 0.799. The van der Waals surface area contributed by atoms with Gasteiger partial charge in [-0.05, 0) is 18.6 Å². The lowest BCUT2D eigenvalue weighted by Gasteiger charge is -2.13. The zero-order valence-corrected chi connectivity index (χ0v) is 9.47. The van der Waals surface area contributed by atoms with Crippen molar-refractivity contribution in [2.75, 3.05) is 13.7 Å². The average Bonchev–Trinajstić information content (AvgIpc) is 2.27. The van der Waals surface area contributed by atoms with Crippen LogP contribution in [0.25, 0.3) is 0 Å². The third kappa shape index (κ3) is 3.24. The number of carboxylic acid groups (broad SMARTS) is 1. The first-order valence-electron chi connectivity index (χ1n) is 5.15. The number of rotatable bonds is 6. The van der Waals surface area contributed by atoms with Crippen LogP contribution in [0.15, 0.2) is 24.3 Å². The molecule has 88 valence electrons. The molecule has 1 atom stereocenters. The maximum absolute atomic E-state index is 10.8. The SMILES string of the molecule is CCOc1ccccc1C[C@H](OC)C(=O)O. The zero-order valence-electron chi connectivity index (χ0n) is 9.47. The molecule has 0 unspecified atom stereocenters. The lowest BCUT2D eigenvalue weighted by molar-refractivity contribution is -0.148. The van der Waals surface area contributed by atoms with Gasteiger partial charge >= 0.3 is 5.97 Å². The predicted octanol–water partition coefficient (Wildman–Crippen LogP) is 1.73. The minimum Gasteiger partial charge on any atom is -0.494 e. The summed E-state index contributed by atoms with van der Waals surface area (Å²) in [5, 5.41) is 8.89. The van der Waals surface area contributed by atoms with E-state index in [1.165, 1.54) is 7.11 Å². The van der Waals surface area contributed by atoms with E-state index in [9.17, 15) is 4.79 Å². The monoisotopic (exact) mass is 224 g/mol. The summed E-state index contributed by atoms with van der Waals surface area (Å²) in [6.45, 7) is 2.45. The Morgan fingerprint density at radius 1 is 1.44 bits per heavy atom. The van der Waals surface area contributed by atoms with Crippen LogP contribution >= 0.6 is 0 Å². The molecule has 16 heavy (non-hydrogen) atoms. The summed E-state index contributed by atoms with van der Waals surface area (Å²) < 4.78 is 10.3. The number of hydrogen-bond donors (Lipinski definition) is 1. The molecule has 0 radical (unpaired) electrons. The first kappa shape index (κ1) is 12.5. The normalized spacial score (nSPS) is 12.1. The van der Waals surface area contributed by atoms with Crippen LogP contribution in [-0.4, -0.2) is 30.9 Å². The molecule has 0 saturated heterocycles. The van der Waals surface area contributed by atoms with Crippen LogP contribution in [0.5, 0.6) is 5.75 Å². The lowest BCUT2D eigenvalue weighted by atomic mass is 10.1. The Labute approximate surface area is 94.8 Å². The molecule has 0 aliphatic carbocycles.